The summed E-state index contributed by atoms with van der Waals surface area (Å²) in [5.74, 6) is 2.83. The Kier molecular flexibility index (Phi) is 3.43. The molecule has 3 saturated carbocycles. The first kappa shape index (κ1) is 15.6. The Labute approximate surface area is 140 Å². The summed E-state index contributed by atoms with van der Waals surface area (Å²) in [4.78, 5) is 11.9. The molecule has 2 heteroatoms. The van der Waals surface area contributed by atoms with Gasteiger partial charge in [0.25, 0.3) is 0 Å². The van der Waals surface area contributed by atoms with Crippen molar-refractivity contribution < 1.29 is 9.90 Å². The van der Waals surface area contributed by atoms with Crippen molar-refractivity contribution >= 4 is 5.78 Å². The number of hydrogen-bond acceptors (Lipinski definition) is 2. The van der Waals surface area contributed by atoms with E-state index in [0.717, 1.165) is 24.3 Å². The molecule has 0 amide bonds. The minimum Gasteiger partial charge on any atom is -0.389 e. The van der Waals surface area contributed by atoms with Crippen molar-refractivity contribution in [2.75, 3.05) is 0 Å². The molecule has 0 bridgehead atoms. The van der Waals surface area contributed by atoms with Crippen LogP contribution in [0.5, 0.6) is 0 Å². The van der Waals surface area contributed by atoms with E-state index in [2.05, 4.69) is 26.5 Å². The van der Waals surface area contributed by atoms with Gasteiger partial charge in [0.2, 0.25) is 0 Å². The van der Waals surface area contributed by atoms with Crippen molar-refractivity contribution in [3.05, 3.63) is 24.3 Å². The smallest absolute Gasteiger partial charge is 0.155 e. The van der Waals surface area contributed by atoms with Gasteiger partial charge in [-0.05, 0) is 84.7 Å². The van der Waals surface area contributed by atoms with Gasteiger partial charge in [0, 0.05) is 6.42 Å². The van der Waals surface area contributed by atoms with Crippen LogP contribution in [0.3, 0.4) is 0 Å². The van der Waals surface area contributed by atoms with Crippen LogP contribution in [-0.2, 0) is 4.79 Å². The molecule has 0 unspecified atom stereocenters. The van der Waals surface area contributed by atoms with E-state index in [9.17, 15) is 9.90 Å². The standard InChI is InChI=1S/C21H30O2/c1-4-13-5-6-16-15-12-19(23)18-11-14(22)7-9-21(18,3)17(15)8-10-20(13,16)2/h4,11,13,15-17,19,23H,1,5-10,12H2,2-3H3/t13-,15-,16-,17-,19+,20+,21+/m0/s1. The predicted octanol–water partition coefficient (Wildman–Crippen LogP) is 4.29. The second-order valence-electron chi connectivity index (χ2n) is 9.08. The van der Waals surface area contributed by atoms with Crippen LogP contribution < -0.4 is 0 Å². The van der Waals surface area contributed by atoms with Crippen molar-refractivity contribution in [1.29, 1.82) is 0 Å². The summed E-state index contributed by atoms with van der Waals surface area (Å²) in [6, 6.07) is 0. The Balaban J connectivity index is 1.72. The predicted molar refractivity (Wildman–Crippen MR) is 91.8 cm³/mol. The number of carbonyl (C=O) groups is 1. The second-order valence-corrected chi connectivity index (χ2v) is 9.08. The number of ketones is 1. The Morgan fingerprint density at radius 1 is 1.22 bits per heavy atom. The molecule has 4 aliphatic carbocycles. The van der Waals surface area contributed by atoms with Gasteiger partial charge in [-0.2, -0.15) is 0 Å². The zero-order valence-corrected chi connectivity index (χ0v) is 14.6. The normalized spacial score (nSPS) is 52.2. The monoisotopic (exact) mass is 314 g/mol. The molecule has 0 aliphatic heterocycles. The first-order valence-corrected chi connectivity index (χ1v) is 9.45. The highest BCUT2D eigenvalue weighted by atomic mass is 16.3. The molecule has 7 atom stereocenters. The van der Waals surface area contributed by atoms with Crippen LogP contribution in [0.25, 0.3) is 0 Å². The van der Waals surface area contributed by atoms with E-state index < -0.39 is 6.10 Å². The minimum atomic E-state index is -0.407. The van der Waals surface area contributed by atoms with Gasteiger partial charge in [-0.3, -0.25) is 4.79 Å². The molecule has 0 spiro atoms. The number of fused-ring (bicyclic) bond motifs is 5. The summed E-state index contributed by atoms with van der Waals surface area (Å²) in [6.07, 6.45) is 11.1. The molecule has 2 nitrogen and oxygen atoms in total. The van der Waals surface area contributed by atoms with E-state index in [0.29, 0.717) is 29.6 Å². The molecule has 0 radical (unpaired) electrons. The van der Waals surface area contributed by atoms with Gasteiger partial charge in [0.05, 0.1) is 6.10 Å². The van der Waals surface area contributed by atoms with E-state index in [4.69, 9.17) is 0 Å². The lowest BCUT2D eigenvalue weighted by Crippen LogP contribution is -2.53. The van der Waals surface area contributed by atoms with Crippen LogP contribution in [-0.4, -0.2) is 17.0 Å². The SMILES string of the molecule is C=C[C@H]1CC[C@H]2[C@@H]3C[C@@H](O)C4=CC(=O)CC[C@]4(C)[C@H]3CC[C@]12C. The fourth-order valence-electron chi connectivity index (χ4n) is 7.03. The Morgan fingerprint density at radius 2 is 2.00 bits per heavy atom. The first-order chi connectivity index (χ1) is 10.9. The van der Waals surface area contributed by atoms with Gasteiger partial charge >= 0.3 is 0 Å². The number of allylic oxidation sites excluding steroid dienone is 1. The third kappa shape index (κ3) is 2.00. The topological polar surface area (TPSA) is 37.3 Å². The van der Waals surface area contributed by atoms with Crippen LogP contribution in [0, 0.1) is 34.5 Å². The Morgan fingerprint density at radius 3 is 2.74 bits per heavy atom. The van der Waals surface area contributed by atoms with Crippen LogP contribution in [0.2, 0.25) is 0 Å². The molecular formula is C21H30O2. The summed E-state index contributed by atoms with van der Waals surface area (Å²) >= 11 is 0. The number of aliphatic hydroxyl groups excluding tert-OH is 1. The van der Waals surface area contributed by atoms with Crippen molar-refractivity contribution in [3.8, 4) is 0 Å². The molecule has 4 rings (SSSR count). The van der Waals surface area contributed by atoms with Crippen molar-refractivity contribution in [3.63, 3.8) is 0 Å². The maximum atomic E-state index is 11.9. The van der Waals surface area contributed by atoms with Crippen LogP contribution >= 0.6 is 0 Å². The average molecular weight is 314 g/mol. The average Bonchev–Trinajstić information content (AvgIpc) is 2.86. The van der Waals surface area contributed by atoms with Gasteiger partial charge in [-0.25, -0.2) is 0 Å². The lowest BCUT2D eigenvalue weighted by Gasteiger charge is -2.59. The molecule has 1 N–H and O–H groups in total. The van der Waals surface area contributed by atoms with E-state index in [-0.39, 0.29) is 11.2 Å². The van der Waals surface area contributed by atoms with E-state index in [1.165, 1.54) is 25.7 Å². The molecule has 0 heterocycles. The van der Waals surface area contributed by atoms with Gasteiger partial charge in [-0.1, -0.05) is 19.9 Å². The fourth-order valence-corrected chi connectivity index (χ4v) is 7.03. The molecule has 23 heavy (non-hydrogen) atoms. The van der Waals surface area contributed by atoms with E-state index in [1.54, 1.807) is 6.08 Å². The summed E-state index contributed by atoms with van der Waals surface area (Å²) < 4.78 is 0. The van der Waals surface area contributed by atoms with Gasteiger partial charge in [0.1, 0.15) is 0 Å². The van der Waals surface area contributed by atoms with Crippen LogP contribution in [0.4, 0.5) is 0 Å². The zero-order chi connectivity index (χ0) is 16.4. The summed E-state index contributed by atoms with van der Waals surface area (Å²) in [5, 5.41) is 10.8. The molecule has 0 aromatic carbocycles. The largest absolute Gasteiger partial charge is 0.389 e. The molecule has 4 aliphatic rings. The van der Waals surface area contributed by atoms with Crippen LogP contribution in [0.15, 0.2) is 24.3 Å². The fraction of sp³-hybridized carbons (Fsp3) is 0.762. The van der Waals surface area contributed by atoms with Gasteiger partial charge < -0.3 is 5.11 Å². The van der Waals surface area contributed by atoms with E-state index in [1.807, 2.05) is 0 Å². The van der Waals surface area contributed by atoms with Crippen molar-refractivity contribution in [2.24, 2.45) is 34.5 Å². The van der Waals surface area contributed by atoms with Crippen molar-refractivity contribution in [2.45, 2.75) is 64.9 Å². The van der Waals surface area contributed by atoms with Crippen molar-refractivity contribution in [1.82, 2.24) is 0 Å². The summed E-state index contributed by atoms with van der Waals surface area (Å²) in [6.45, 7) is 8.89. The lowest BCUT2D eigenvalue weighted by atomic mass is 9.46. The maximum absolute atomic E-state index is 11.9. The molecule has 126 valence electrons. The highest BCUT2D eigenvalue weighted by Gasteiger charge is 2.59. The number of aliphatic hydroxyl groups is 1. The second kappa shape index (κ2) is 5.05. The van der Waals surface area contributed by atoms with Gasteiger partial charge in [0.15, 0.2) is 5.78 Å². The number of carbonyl (C=O) groups excluding carboxylic acids is 1. The number of rotatable bonds is 1. The Hall–Kier alpha value is -0.890. The molecule has 0 saturated heterocycles. The van der Waals surface area contributed by atoms with Gasteiger partial charge in [-0.15, -0.1) is 6.58 Å². The van der Waals surface area contributed by atoms with E-state index >= 15 is 0 Å². The third-order valence-corrected chi connectivity index (χ3v) is 8.33. The molecule has 0 aromatic rings. The molecular weight excluding hydrogens is 284 g/mol. The first-order valence-electron chi connectivity index (χ1n) is 9.45. The molecule has 0 aromatic heterocycles. The molecule has 3 fully saturated rings. The zero-order valence-electron chi connectivity index (χ0n) is 14.6. The summed E-state index contributed by atoms with van der Waals surface area (Å²) in [5.41, 5.74) is 1.48. The lowest BCUT2D eigenvalue weighted by molar-refractivity contribution is -0.119. The quantitative estimate of drug-likeness (QED) is 0.733. The number of hydrogen-bond donors (Lipinski definition) is 1. The Bertz CT molecular complexity index is 576. The maximum Gasteiger partial charge on any atom is 0.155 e. The summed E-state index contributed by atoms with van der Waals surface area (Å²) in [7, 11) is 0. The highest BCUT2D eigenvalue weighted by molar-refractivity contribution is 5.91. The highest BCUT2D eigenvalue weighted by Crippen LogP contribution is 2.66. The van der Waals surface area contributed by atoms with Crippen LogP contribution in [0.1, 0.15) is 58.8 Å². The third-order valence-electron chi connectivity index (χ3n) is 8.33. The minimum absolute atomic E-state index is 0.0455.